The third kappa shape index (κ3) is 7.77. The molecule has 0 aromatic heterocycles. The number of para-hydroxylation sites is 1. The molecular formula is C27H26F4N2O5. The van der Waals surface area contributed by atoms with Gasteiger partial charge in [-0.25, -0.2) is 9.18 Å². The number of alkyl halides is 3. The van der Waals surface area contributed by atoms with E-state index in [2.05, 4.69) is 5.32 Å². The van der Waals surface area contributed by atoms with Crippen LogP contribution in [0.5, 0.6) is 11.5 Å². The van der Waals surface area contributed by atoms with Crippen LogP contribution in [-0.4, -0.2) is 40.9 Å². The largest absolute Gasteiger partial charge is 0.490 e. The van der Waals surface area contributed by atoms with Crippen LogP contribution in [0.2, 0.25) is 0 Å². The highest BCUT2D eigenvalue weighted by Gasteiger charge is 2.38. The van der Waals surface area contributed by atoms with Crippen LogP contribution in [0, 0.1) is 5.82 Å². The number of hydrogen-bond donors (Lipinski definition) is 4. The first-order valence-corrected chi connectivity index (χ1v) is 11.5. The van der Waals surface area contributed by atoms with E-state index < -0.39 is 23.8 Å². The molecule has 1 aliphatic carbocycles. The SMILES string of the molecule is NC(Cc1cccc(Oc2ccccc2)c1)C(=O)NCC1(O)CCc2cc(F)ccc21.O=C(O)C(F)(F)F. The second-order valence-corrected chi connectivity index (χ2v) is 8.73. The number of nitrogens with two attached hydrogens (primary N) is 1. The predicted molar refractivity (Wildman–Crippen MR) is 130 cm³/mol. The number of aliphatic hydroxyl groups is 1. The molecule has 0 heterocycles. The molecule has 4 rings (SSSR count). The monoisotopic (exact) mass is 534 g/mol. The molecular weight excluding hydrogens is 508 g/mol. The van der Waals surface area contributed by atoms with E-state index in [4.69, 9.17) is 20.4 Å². The highest BCUT2D eigenvalue weighted by molar-refractivity contribution is 5.82. The van der Waals surface area contributed by atoms with Gasteiger partial charge in [0.15, 0.2) is 0 Å². The lowest BCUT2D eigenvalue weighted by atomic mass is 9.95. The van der Waals surface area contributed by atoms with Crippen molar-refractivity contribution in [2.45, 2.75) is 37.1 Å². The molecule has 7 nitrogen and oxygen atoms in total. The first-order valence-electron chi connectivity index (χ1n) is 11.5. The summed E-state index contributed by atoms with van der Waals surface area (Å²) < 4.78 is 51.0. The van der Waals surface area contributed by atoms with Gasteiger partial charge in [0.1, 0.15) is 22.9 Å². The van der Waals surface area contributed by atoms with E-state index >= 15 is 0 Å². The molecule has 0 spiro atoms. The highest BCUT2D eigenvalue weighted by atomic mass is 19.4. The minimum Gasteiger partial charge on any atom is -0.475 e. The zero-order valence-corrected chi connectivity index (χ0v) is 20.0. The normalized spacial score (nSPS) is 17.0. The molecule has 38 heavy (non-hydrogen) atoms. The van der Waals surface area contributed by atoms with Gasteiger partial charge in [0.05, 0.1) is 12.6 Å². The fourth-order valence-electron chi connectivity index (χ4n) is 3.95. The van der Waals surface area contributed by atoms with Crippen LogP contribution >= 0.6 is 0 Å². The number of halogens is 4. The summed E-state index contributed by atoms with van der Waals surface area (Å²) in [5.74, 6) is -2.04. The van der Waals surface area contributed by atoms with E-state index in [0.717, 1.165) is 16.9 Å². The molecule has 202 valence electrons. The number of carbonyl (C=O) groups excluding carboxylic acids is 1. The van der Waals surface area contributed by atoms with Crippen molar-refractivity contribution in [3.05, 3.63) is 95.3 Å². The lowest BCUT2D eigenvalue weighted by molar-refractivity contribution is -0.192. The van der Waals surface area contributed by atoms with Crippen molar-refractivity contribution in [3.8, 4) is 11.5 Å². The van der Waals surface area contributed by atoms with Crippen LogP contribution in [0.3, 0.4) is 0 Å². The number of carboxylic acid groups (broad SMARTS) is 1. The first-order chi connectivity index (χ1) is 17.9. The third-order valence-electron chi connectivity index (χ3n) is 5.84. The van der Waals surface area contributed by atoms with E-state index in [1.54, 1.807) is 6.07 Å². The number of carboxylic acids is 1. The molecule has 0 fully saturated rings. The number of aryl methyl sites for hydroxylation is 1. The van der Waals surface area contributed by atoms with Crippen LogP contribution in [0.25, 0.3) is 0 Å². The Morgan fingerprint density at radius 3 is 2.34 bits per heavy atom. The second kappa shape index (κ2) is 12.1. The van der Waals surface area contributed by atoms with Gasteiger partial charge in [-0.05, 0) is 72.4 Å². The quantitative estimate of drug-likeness (QED) is 0.339. The molecule has 0 radical (unpaired) electrons. The predicted octanol–water partition coefficient (Wildman–Crippen LogP) is 4.07. The minimum atomic E-state index is -5.08. The maximum absolute atomic E-state index is 13.4. The Morgan fingerprint density at radius 2 is 1.68 bits per heavy atom. The lowest BCUT2D eigenvalue weighted by Gasteiger charge is -2.25. The van der Waals surface area contributed by atoms with Gasteiger partial charge in [-0.3, -0.25) is 4.79 Å². The Bertz CT molecular complexity index is 1270. The van der Waals surface area contributed by atoms with Crippen LogP contribution < -0.4 is 15.8 Å². The van der Waals surface area contributed by atoms with E-state index in [1.165, 1.54) is 12.1 Å². The maximum atomic E-state index is 13.4. The number of nitrogens with one attached hydrogen (secondary N) is 1. The van der Waals surface area contributed by atoms with Crippen molar-refractivity contribution in [3.63, 3.8) is 0 Å². The van der Waals surface area contributed by atoms with E-state index in [1.807, 2.05) is 54.6 Å². The van der Waals surface area contributed by atoms with Crippen molar-refractivity contribution in [2.24, 2.45) is 5.73 Å². The molecule has 0 saturated heterocycles. The van der Waals surface area contributed by atoms with Crippen molar-refractivity contribution < 1.29 is 42.1 Å². The summed E-state index contributed by atoms with van der Waals surface area (Å²) in [6, 6.07) is 20.5. The van der Waals surface area contributed by atoms with Gasteiger partial charge in [-0.2, -0.15) is 13.2 Å². The van der Waals surface area contributed by atoms with E-state index in [9.17, 15) is 27.5 Å². The number of aliphatic carboxylic acids is 1. The molecule has 0 aliphatic heterocycles. The number of ether oxygens (including phenoxy) is 1. The zero-order chi connectivity index (χ0) is 27.9. The average molecular weight is 535 g/mol. The summed E-state index contributed by atoms with van der Waals surface area (Å²) in [7, 11) is 0. The summed E-state index contributed by atoms with van der Waals surface area (Å²) >= 11 is 0. The molecule has 0 saturated carbocycles. The summed E-state index contributed by atoms with van der Waals surface area (Å²) in [6.45, 7) is 0.0370. The molecule has 11 heteroatoms. The van der Waals surface area contributed by atoms with Crippen LogP contribution in [0.1, 0.15) is 23.1 Å². The van der Waals surface area contributed by atoms with Gasteiger partial charge in [0.25, 0.3) is 0 Å². The van der Waals surface area contributed by atoms with Gasteiger partial charge in [-0.1, -0.05) is 36.4 Å². The fourth-order valence-corrected chi connectivity index (χ4v) is 3.95. The third-order valence-corrected chi connectivity index (χ3v) is 5.84. The molecule has 1 aliphatic rings. The number of benzene rings is 3. The first kappa shape index (κ1) is 28.6. The molecule has 3 aromatic carbocycles. The zero-order valence-electron chi connectivity index (χ0n) is 20.0. The summed E-state index contributed by atoms with van der Waals surface area (Å²) in [5.41, 5.74) is 7.21. The Kier molecular flexibility index (Phi) is 9.08. The molecule has 0 bridgehead atoms. The lowest BCUT2D eigenvalue weighted by Crippen LogP contribution is -2.47. The van der Waals surface area contributed by atoms with Gasteiger partial charge < -0.3 is 26.0 Å². The van der Waals surface area contributed by atoms with Gasteiger partial charge in [0, 0.05) is 0 Å². The molecule has 1 amide bonds. The number of hydrogen-bond acceptors (Lipinski definition) is 5. The Balaban J connectivity index is 0.000000505. The Labute approximate surface area is 215 Å². The summed E-state index contributed by atoms with van der Waals surface area (Å²) in [4.78, 5) is 21.4. The average Bonchev–Trinajstić information content (AvgIpc) is 3.19. The smallest absolute Gasteiger partial charge is 0.475 e. The van der Waals surface area contributed by atoms with Gasteiger partial charge >= 0.3 is 12.1 Å². The minimum absolute atomic E-state index is 0.0370. The molecule has 2 atom stereocenters. The Hall–Kier alpha value is -3.96. The van der Waals surface area contributed by atoms with Gasteiger partial charge in [-0.15, -0.1) is 0 Å². The van der Waals surface area contributed by atoms with Crippen LogP contribution in [0.15, 0.2) is 72.8 Å². The van der Waals surface area contributed by atoms with Crippen molar-refractivity contribution in [1.29, 1.82) is 0 Å². The molecule has 2 unspecified atom stereocenters. The maximum Gasteiger partial charge on any atom is 0.490 e. The number of fused-ring (bicyclic) bond motifs is 1. The standard InChI is InChI=1S/C25H25FN2O3.C2HF3O2/c26-19-9-10-22-18(15-19)11-12-25(22,30)16-28-24(29)23(27)14-17-5-4-8-21(13-17)31-20-6-2-1-3-7-20;3-2(4,5)1(6)7/h1-10,13,15,23,30H,11-12,14,16,27H2,(H,28,29);(H,6,7). The fraction of sp³-hybridized carbons (Fsp3) is 0.259. The number of rotatable bonds is 7. The van der Waals surface area contributed by atoms with Crippen molar-refractivity contribution in [2.75, 3.05) is 6.54 Å². The number of carbonyl (C=O) groups is 2. The van der Waals surface area contributed by atoms with Crippen LogP contribution in [0.4, 0.5) is 17.6 Å². The summed E-state index contributed by atoms with van der Waals surface area (Å²) in [5, 5.41) is 20.8. The van der Waals surface area contributed by atoms with E-state index in [0.29, 0.717) is 30.6 Å². The topological polar surface area (TPSA) is 122 Å². The highest BCUT2D eigenvalue weighted by Crippen LogP contribution is 2.36. The van der Waals surface area contributed by atoms with Gasteiger partial charge in [0.2, 0.25) is 5.91 Å². The second-order valence-electron chi connectivity index (χ2n) is 8.73. The molecule has 3 aromatic rings. The Morgan fingerprint density at radius 1 is 1.03 bits per heavy atom. The van der Waals surface area contributed by atoms with E-state index in [-0.39, 0.29) is 18.3 Å². The summed E-state index contributed by atoms with van der Waals surface area (Å²) in [6.07, 6.45) is -3.75. The number of amides is 1. The molecule has 5 N–H and O–H groups in total. The van der Waals surface area contributed by atoms with Crippen LogP contribution in [-0.2, 0) is 28.0 Å². The van der Waals surface area contributed by atoms with Crippen molar-refractivity contribution >= 4 is 11.9 Å². The van der Waals surface area contributed by atoms with Crippen molar-refractivity contribution in [1.82, 2.24) is 5.32 Å².